The number of nitrogens with zero attached hydrogens (tertiary/aromatic N) is 1. The van der Waals surface area contributed by atoms with E-state index in [1.54, 1.807) is 0 Å². The zero-order chi connectivity index (χ0) is 14.9. The summed E-state index contributed by atoms with van der Waals surface area (Å²) in [5, 5.41) is 0. The average Bonchev–Trinajstić information content (AvgIpc) is 2.76. The quantitative estimate of drug-likeness (QED) is 0.843. The van der Waals surface area contributed by atoms with E-state index in [0.29, 0.717) is 19.5 Å². The Balaban J connectivity index is 2.34. The molecule has 1 saturated heterocycles. The lowest BCUT2D eigenvalue weighted by Gasteiger charge is -2.18. The second-order valence-corrected chi connectivity index (χ2v) is 6.61. The number of carbonyl (C=O) groups is 1. The van der Waals surface area contributed by atoms with Gasteiger partial charge in [0, 0.05) is 19.1 Å². The highest BCUT2D eigenvalue weighted by Crippen LogP contribution is 2.22. The van der Waals surface area contributed by atoms with Gasteiger partial charge in [-0.2, -0.15) is 0 Å². The largest absolute Gasteiger partial charge is 0.337 e. The minimum absolute atomic E-state index is 0.00970. The molecule has 2 rings (SSSR count). The third-order valence-electron chi connectivity index (χ3n) is 3.02. The minimum atomic E-state index is -3.55. The van der Waals surface area contributed by atoms with Crippen molar-refractivity contribution in [2.75, 3.05) is 24.1 Å². The Morgan fingerprint density at radius 1 is 1.50 bits per heavy atom. The van der Waals surface area contributed by atoms with Crippen molar-refractivity contribution < 1.29 is 17.6 Å². The summed E-state index contributed by atoms with van der Waals surface area (Å²) in [5.41, 5.74) is 5.79. The number of hydrogen-bond donors (Lipinski definition) is 2. The van der Waals surface area contributed by atoms with Crippen LogP contribution >= 0.6 is 0 Å². The number of nitrogens with two attached hydrogens (primary N) is 1. The van der Waals surface area contributed by atoms with Crippen LogP contribution in [-0.2, 0) is 10.0 Å². The van der Waals surface area contributed by atoms with Crippen molar-refractivity contribution in [3.8, 4) is 0 Å². The smallest absolute Gasteiger partial charge is 0.256 e. The molecule has 1 aliphatic heterocycles. The van der Waals surface area contributed by atoms with Gasteiger partial charge in [0.15, 0.2) is 0 Å². The number of hydrogen-bond acceptors (Lipinski definition) is 4. The van der Waals surface area contributed by atoms with Crippen molar-refractivity contribution >= 4 is 21.6 Å². The molecule has 1 aromatic rings. The molecule has 1 fully saturated rings. The molecule has 20 heavy (non-hydrogen) atoms. The van der Waals surface area contributed by atoms with E-state index in [1.807, 2.05) is 0 Å². The van der Waals surface area contributed by atoms with E-state index in [2.05, 4.69) is 4.72 Å². The van der Waals surface area contributed by atoms with Crippen LogP contribution in [0.15, 0.2) is 18.2 Å². The number of anilines is 1. The number of nitrogens with one attached hydrogen (secondary N) is 1. The molecule has 110 valence electrons. The van der Waals surface area contributed by atoms with E-state index in [9.17, 15) is 17.6 Å². The van der Waals surface area contributed by atoms with Crippen LogP contribution in [0.2, 0.25) is 0 Å². The summed E-state index contributed by atoms with van der Waals surface area (Å²) in [7, 11) is -3.55. The average molecular weight is 301 g/mol. The third kappa shape index (κ3) is 3.45. The van der Waals surface area contributed by atoms with Gasteiger partial charge in [0.2, 0.25) is 10.0 Å². The van der Waals surface area contributed by atoms with Crippen LogP contribution in [0.3, 0.4) is 0 Å². The summed E-state index contributed by atoms with van der Waals surface area (Å²) in [6, 6.07) is 3.26. The number of amides is 1. The molecule has 1 aliphatic rings. The number of benzene rings is 1. The summed E-state index contributed by atoms with van der Waals surface area (Å²) in [6.07, 6.45) is 1.65. The number of carbonyl (C=O) groups excluding carboxylic acids is 1. The number of halogens is 1. The number of likely N-dealkylation sites (tertiary alicyclic amines) is 1. The Kier molecular flexibility index (Phi) is 3.96. The summed E-state index contributed by atoms with van der Waals surface area (Å²) >= 11 is 0. The molecule has 1 amide bonds. The van der Waals surface area contributed by atoms with E-state index in [4.69, 9.17) is 5.73 Å². The van der Waals surface area contributed by atoms with Crippen LogP contribution in [-0.4, -0.2) is 44.6 Å². The van der Waals surface area contributed by atoms with Gasteiger partial charge in [-0.25, -0.2) is 12.8 Å². The minimum Gasteiger partial charge on any atom is -0.337 e. The zero-order valence-corrected chi connectivity index (χ0v) is 11.8. The van der Waals surface area contributed by atoms with E-state index in [1.165, 1.54) is 11.0 Å². The van der Waals surface area contributed by atoms with E-state index < -0.39 is 21.7 Å². The predicted molar refractivity (Wildman–Crippen MR) is 73.4 cm³/mol. The summed E-state index contributed by atoms with van der Waals surface area (Å²) in [4.78, 5) is 13.8. The summed E-state index contributed by atoms with van der Waals surface area (Å²) < 4.78 is 38.1. The molecule has 0 unspecified atom stereocenters. The first-order valence-corrected chi connectivity index (χ1v) is 7.97. The van der Waals surface area contributed by atoms with Crippen molar-refractivity contribution in [2.24, 2.45) is 5.73 Å². The van der Waals surface area contributed by atoms with E-state index in [0.717, 1.165) is 18.4 Å². The molecule has 0 bridgehead atoms. The van der Waals surface area contributed by atoms with E-state index >= 15 is 0 Å². The Morgan fingerprint density at radius 3 is 2.75 bits per heavy atom. The Labute approximate surface area is 116 Å². The van der Waals surface area contributed by atoms with Crippen molar-refractivity contribution in [3.05, 3.63) is 29.6 Å². The third-order valence-corrected chi connectivity index (χ3v) is 3.61. The molecule has 0 aromatic heterocycles. The van der Waals surface area contributed by atoms with Gasteiger partial charge in [0.05, 0.1) is 17.5 Å². The summed E-state index contributed by atoms with van der Waals surface area (Å²) in [6.45, 7) is 0.864. The molecular weight excluding hydrogens is 285 g/mol. The molecule has 0 aliphatic carbocycles. The topological polar surface area (TPSA) is 92.5 Å². The molecule has 1 heterocycles. The number of sulfonamides is 1. The van der Waals surface area contributed by atoms with Gasteiger partial charge in [0.25, 0.3) is 5.91 Å². The van der Waals surface area contributed by atoms with Gasteiger partial charge in [-0.3, -0.25) is 9.52 Å². The fraction of sp³-hybridized carbons (Fsp3) is 0.417. The predicted octanol–water partition coefficient (Wildman–Crippen LogP) is 0.370. The van der Waals surface area contributed by atoms with Gasteiger partial charge >= 0.3 is 0 Å². The standard InChI is InChI=1S/C12H16FN3O3S/c1-20(18,19)15-11-3-2-8(13)6-10(11)12(17)16-5-4-9(14)7-16/h2-3,6,9,15H,4-5,7,14H2,1H3/t9-/m1/s1. The highest BCUT2D eigenvalue weighted by Gasteiger charge is 2.26. The summed E-state index contributed by atoms with van der Waals surface area (Å²) in [5.74, 6) is -1.03. The van der Waals surface area contributed by atoms with Crippen molar-refractivity contribution in [1.29, 1.82) is 0 Å². The molecule has 6 nitrogen and oxygen atoms in total. The lowest BCUT2D eigenvalue weighted by atomic mass is 10.1. The molecule has 3 N–H and O–H groups in total. The SMILES string of the molecule is CS(=O)(=O)Nc1ccc(F)cc1C(=O)N1CC[C@@H](N)C1. The van der Waals surface area contributed by atoms with Crippen LogP contribution in [0.25, 0.3) is 0 Å². The Morgan fingerprint density at radius 2 is 2.20 bits per heavy atom. The van der Waals surface area contributed by atoms with Gasteiger partial charge in [-0.1, -0.05) is 0 Å². The van der Waals surface area contributed by atoms with Crippen LogP contribution < -0.4 is 10.5 Å². The van der Waals surface area contributed by atoms with Crippen LogP contribution in [0.4, 0.5) is 10.1 Å². The Hall–Kier alpha value is -1.67. The molecule has 1 atom stereocenters. The van der Waals surface area contributed by atoms with Gasteiger partial charge < -0.3 is 10.6 Å². The maximum absolute atomic E-state index is 13.3. The van der Waals surface area contributed by atoms with Gasteiger partial charge in [-0.05, 0) is 24.6 Å². The van der Waals surface area contributed by atoms with Gasteiger partial charge in [0.1, 0.15) is 5.82 Å². The van der Waals surface area contributed by atoms with Crippen LogP contribution in [0.5, 0.6) is 0 Å². The fourth-order valence-corrected chi connectivity index (χ4v) is 2.70. The fourth-order valence-electron chi connectivity index (χ4n) is 2.12. The van der Waals surface area contributed by atoms with Gasteiger partial charge in [-0.15, -0.1) is 0 Å². The second kappa shape index (κ2) is 5.37. The monoisotopic (exact) mass is 301 g/mol. The lowest BCUT2D eigenvalue weighted by Crippen LogP contribution is -2.32. The molecule has 0 radical (unpaired) electrons. The second-order valence-electron chi connectivity index (χ2n) is 4.86. The molecular formula is C12H16FN3O3S. The molecule has 1 aromatic carbocycles. The normalized spacial score (nSPS) is 19.1. The highest BCUT2D eigenvalue weighted by atomic mass is 32.2. The van der Waals surface area contributed by atoms with Crippen LogP contribution in [0.1, 0.15) is 16.8 Å². The first kappa shape index (κ1) is 14.7. The maximum atomic E-state index is 13.3. The maximum Gasteiger partial charge on any atom is 0.256 e. The first-order valence-electron chi connectivity index (χ1n) is 6.08. The highest BCUT2D eigenvalue weighted by molar-refractivity contribution is 7.92. The Bertz CT molecular complexity index is 633. The molecule has 0 saturated carbocycles. The van der Waals surface area contributed by atoms with Crippen molar-refractivity contribution in [1.82, 2.24) is 4.90 Å². The van der Waals surface area contributed by atoms with Crippen molar-refractivity contribution in [3.63, 3.8) is 0 Å². The molecule has 8 heteroatoms. The van der Waals surface area contributed by atoms with E-state index in [-0.39, 0.29) is 17.3 Å². The molecule has 0 spiro atoms. The van der Waals surface area contributed by atoms with Crippen molar-refractivity contribution in [2.45, 2.75) is 12.5 Å². The van der Waals surface area contributed by atoms with Crippen LogP contribution in [0, 0.1) is 5.82 Å². The lowest BCUT2D eigenvalue weighted by molar-refractivity contribution is 0.0791. The first-order chi connectivity index (χ1) is 9.26. The zero-order valence-electron chi connectivity index (χ0n) is 11.0. The number of rotatable bonds is 3.